The Labute approximate surface area is 135 Å². The van der Waals surface area contributed by atoms with Crippen molar-refractivity contribution in [3.8, 4) is 0 Å². The van der Waals surface area contributed by atoms with E-state index in [0.717, 1.165) is 24.4 Å². The molecule has 122 valence electrons. The van der Waals surface area contributed by atoms with Gasteiger partial charge in [-0.2, -0.15) is 11.8 Å². The summed E-state index contributed by atoms with van der Waals surface area (Å²) in [4.78, 5) is 0. The van der Waals surface area contributed by atoms with Crippen LogP contribution in [0.1, 0.15) is 58.3 Å². The Kier molecular flexibility index (Phi) is 5.92. The fourth-order valence-corrected chi connectivity index (χ4v) is 6.16. The maximum atomic E-state index is 6.30. The average Bonchev–Trinajstić information content (AvgIpc) is 2.97. The Morgan fingerprint density at radius 1 is 1.19 bits per heavy atom. The van der Waals surface area contributed by atoms with Crippen molar-refractivity contribution < 1.29 is 4.74 Å². The summed E-state index contributed by atoms with van der Waals surface area (Å²) in [5.74, 6) is 5.50. The molecule has 1 aliphatic carbocycles. The molecule has 3 atom stereocenters. The first-order chi connectivity index (χ1) is 10.3. The maximum Gasteiger partial charge on any atom is 0.0701 e. The standard InChI is InChI=1S/C18H33NOS/c1-2-9-19-14-16-4-3-5-17(16)15-6-10-20-18(13-15)7-11-21-12-8-18/h15-17,19H,2-14H2,1H3. The van der Waals surface area contributed by atoms with Crippen molar-refractivity contribution in [3.05, 3.63) is 0 Å². The second-order valence-corrected chi connectivity index (χ2v) is 8.68. The zero-order valence-corrected chi connectivity index (χ0v) is 14.6. The number of rotatable bonds is 5. The van der Waals surface area contributed by atoms with E-state index < -0.39 is 0 Å². The van der Waals surface area contributed by atoms with Gasteiger partial charge in [-0.3, -0.25) is 0 Å². The van der Waals surface area contributed by atoms with Crippen molar-refractivity contribution in [1.82, 2.24) is 5.32 Å². The molecule has 0 bridgehead atoms. The van der Waals surface area contributed by atoms with Crippen molar-refractivity contribution in [1.29, 1.82) is 0 Å². The minimum atomic E-state index is 0.276. The summed E-state index contributed by atoms with van der Waals surface area (Å²) in [5.41, 5.74) is 0.276. The van der Waals surface area contributed by atoms with Crippen LogP contribution in [0.3, 0.4) is 0 Å². The van der Waals surface area contributed by atoms with E-state index in [1.807, 2.05) is 0 Å². The molecule has 3 rings (SSSR count). The van der Waals surface area contributed by atoms with Gasteiger partial charge in [0.25, 0.3) is 0 Å². The summed E-state index contributed by atoms with van der Waals surface area (Å²) < 4.78 is 6.30. The van der Waals surface area contributed by atoms with E-state index in [0.29, 0.717) is 0 Å². The van der Waals surface area contributed by atoms with Gasteiger partial charge in [-0.05, 0) is 87.3 Å². The van der Waals surface area contributed by atoms with Crippen molar-refractivity contribution in [2.45, 2.75) is 63.9 Å². The summed E-state index contributed by atoms with van der Waals surface area (Å²) in [6, 6.07) is 0. The first kappa shape index (κ1) is 16.1. The molecular weight excluding hydrogens is 278 g/mol. The highest BCUT2D eigenvalue weighted by Gasteiger charge is 2.43. The van der Waals surface area contributed by atoms with Crippen LogP contribution in [0, 0.1) is 17.8 Å². The molecule has 0 aromatic carbocycles. The maximum absolute atomic E-state index is 6.30. The lowest BCUT2D eigenvalue weighted by atomic mass is 9.73. The molecule has 3 unspecified atom stereocenters. The molecule has 3 fully saturated rings. The van der Waals surface area contributed by atoms with E-state index in [-0.39, 0.29) is 5.60 Å². The fourth-order valence-electron chi connectivity index (χ4n) is 4.93. The van der Waals surface area contributed by atoms with E-state index >= 15 is 0 Å². The Morgan fingerprint density at radius 3 is 2.86 bits per heavy atom. The molecule has 0 radical (unpaired) electrons. The summed E-state index contributed by atoms with van der Waals surface area (Å²) in [5, 5.41) is 3.68. The van der Waals surface area contributed by atoms with Crippen LogP contribution in [0.2, 0.25) is 0 Å². The molecule has 3 heteroatoms. The van der Waals surface area contributed by atoms with Gasteiger partial charge in [0.1, 0.15) is 0 Å². The summed E-state index contributed by atoms with van der Waals surface area (Å²) in [6.07, 6.45) is 11.0. The van der Waals surface area contributed by atoms with Crippen LogP contribution in [0.15, 0.2) is 0 Å². The molecule has 2 nitrogen and oxygen atoms in total. The van der Waals surface area contributed by atoms with Gasteiger partial charge in [0, 0.05) is 6.61 Å². The Hall–Kier alpha value is 0.270. The van der Waals surface area contributed by atoms with Crippen LogP contribution in [0.5, 0.6) is 0 Å². The second-order valence-electron chi connectivity index (χ2n) is 7.46. The number of ether oxygens (including phenoxy) is 1. The van der Waals surface area contributed by atoms with Crippen molar-refractivity contribution in [2.75, 3.05) is 31.2 Å². The lowest BCUT2D eigenvalue weighted by Crippen LogP contribution is -2.45. The molecule has 1 spiro atoms. The Bertz CT molecular complexity index is 311. The molecule has 2 saturated heterocycles. The van der Waals surface area contributed by atoms with E-state index in [1.54, 1.807) is 0 Å². The molecule has 1 N–H and O–H groups in total. The van der Waals surface area contributed by atoms with Crippen LogP contribution >= 0.6 is 11.8 Å². The number of hydrogen-bond donors (Lipinski definition) is 1. The van der Waals surface area contributed by atoms with E-state index in [9.17, 15) is 0 Å². The van der Waals surface area contributed by atoms with E-state index in [4.69, 9.17) is 4.74 Å². The lowest BCUT2D eigenvalue weighted by molar-refractivity contribution is -0.113. The third-order valence-corrected chi connectivity index (χ3v) is 7.08. The summed E-state index contributed by atoms with van der Waals surface area (Å²) >= 11 is 2.12. The predicted molar refractivity (Wildman–Crippen MR) is 92.0 cm³/mol. The lowest BCUT2D eigenvalue weighted by Gasteiger charge is -2.45. The zero-order chi connectivity index (χ0) is 14.5. The van der Waals surface area contributed by atoms with Gasteiger partial charge in [0.05, 0.1) is 5.60 Å². The summed E-state index contributed by atoms with van der Waals surface area (Å²) in [7, 11) is 0. The quantitative estimate of drug-likeness (QED) is 0.773. The molecule has 0 aromatic heterocycles. The van der Waals surface area contributed by atoms with Crippen LogP contribution < -0.4 is 5.32 Å². The number of nitrogens with one attached hydrogen (secondary N) is 1. The minimum Gasteiger partial charge on any atom is -0.375 e. The molecule has 0 amide bonds. The monoisotopic (exact) mass is 311 g/mol. The van der Waals surface area contributed by atoms with Gasteiger partial charge in [0.2, 0.25) is 0 Å². The highest BCUT2D eigenvalue weighted by molar-refractivity contribution is 7.99. The van der Waals surface area contributed by atoms with E-state index in [1.165, 1.54) is 76.0 Å². The fraction of sp³-hybridized carbons (Fsp3) is 1.00. The van der Waals surface area contributed by atoms with Crippen molar-refractivity contribution >= 4 is 11.8 Å². The largest absolute Gasteiger partial charge is 0.375 e. The van der Waals surface area contributed by atoms with Crippen molar-refractivity contribution in [2.24, 2.45) is 17.8 Å². The topological polar surface area (TPSA) is 21.3 Å². The molecule has 0 aromatic rings. The third kappa shape index (κ3) is 3.97. The zero-order valence-electron chi connectivity index (χ0n) is 13.7. The molecule has 3 aliphatic rings. The van der Waals surface area contributed by atoms with Gasteiger partial charge >= 0.3 is 0 Å². The third-order valence-electron chi connectivity index (χ3n) is 6.09. The molecule has 21 heavy (non-hydrogen) atoms. The molecule has 2 aliphatic heterocycles. The van der Waals surface area contributed by atoms with Crippen LogP contribution in [-0.2, 0) is 4.74 Å². The van der Waals surface area contributed by atoms with Crippen molar-refractivity contribution in [3.63, 3.8) is 0 Å². The predicted octanol–water partition coefficient (Wildman–Crippen LogP) is 4.09. The number of thioether (sulfide) groups is 1. The SMILES string of the molecule is CCCNCC1CCCC1C1CCOC2(CCSCC2)C1. The molecule has 2 heterocycles. The highest BCUT2D eigenvalue weighted by Crippen LogP contribution is 2.47. The smallest absolute Gasteiger partial charge is 0.0701 e. The second kappa shape index (κ2) is 7.70. The Morgan fingerprint density at radius 2 is 2.05 bits per heavy atom. The normalized spacial score (nSPS) is 36.1. The van der Waals surface area contributed by atoms with Gasteiger partial charge in [-0.1, -0.05) is 13.3 Å². The van der Waals surface area contributed by atoms with E-state index in [2.05, 4.69) is 24.0 Å². The van der Waals surface area contributed by atoms with Gasteiger partial charge in [-0.15, -0.1) is 0 Å². The molecular formula is C18H33NOS. The first-order valence-electron chi connectivity index (χ1n) is 9.25. The summed E-state index contributed by atoms with van der Waals surface area (Å²) in [6.45, 7) is 5.75. The van der Waals surface area contributed by atoms with Gasteiger partial charge < -0.3 is 10.1 Å². The minimum absolute atomic E-state index is 0.276. The van der Waals surface area contributed by atoms with Gasteiger partial charge in [-0.25, -0.2) is 0 Å². The van der Waals surface area contributed by atoms with Crippen LogP contribution in [0.4, 0.5) is 0 Å². The number of hydrogen-bond acceptors (Lipinski definition) is 3. The van der Waals surface area contributed by atoms with Crippen LogP contribution in [-0.4, -0.2) is 36.8 Å². The average molecular weight is 312 g/mol. The molecule has 1 saturated carbocycles. The Balaban J connectivity index is 1.57. The highest BCUT2D eigenvalue weighted by atomic mass is 32.2. The van der Waals surface area contributed by atoms with Gasteiger partial charge in [0.15, 0.2) is 0 Å². The first-order valence-corrected chi connectivity index (χ1v) is 10.4. The van der Waals surface area contributed by atoms with Crippen LogP contribution in [0.25, 0.3) is 0 Å².